The monoisotopic (exact) mass is 386 g/mol. The van der Waals surface area contributed by atoms with E-state index in [-0.39, 0.29) is 10.8 Å². The van der Waals surface area contributed by atoms with E-state index in [4.69, 9.17) is 20.9 Å². The van der Waals surface area contributed by atoms with E-state index >= 15 is 0 Å². The maximum Gasteiger partial charge on any atom is 0.494 e. The molecule has 0 unspecified atom stereocenters. The van der Waals surface area contributed by atoms with Crippen LogP contribution < -0.4 is 10.2 Å². The van der Waals surface area contributed by atoms with Crippen molar-refractivity contribution in [1.82, 2.24) is 0 Å². The van der Waals surface area contributed by atoms with Crippen LogP contribution in [0.1, 0.15) is 27.7 Å². The summed E-state index contributed by atoms with van der Waals surface area (Å²) in [7, 11) is -0.742. The molecule has 0 radical (unpaired) electrons. The Kier molecular flexibility index (Phi) is 5.09. The number of alkyl halides is 5. The Hall–Kier alpha value is -1.06. The van der Waals surface area contributed by atoms with Crippen LogP contribution in [0, 0.1) is 0 Å². The third-order valence-corrected chi connectivity index (χ3v) is 4.60. The molecule has 1 fully saturated rings. The van der Waals surface area contributed by atoms with Gasteiger partial charge in [0.2, 0.25) is 0 Å². The molecule has 3 nitrogen and oxygen atoms in total. The van der Waals surface area contributed by atoms with Gasteiger partial charge in [0, 0.05) is 0 Å². The molecular weight excluding hydrogens is 369 g/mol. The van der Waals surface area contributed by atoms with Gasteiger partial charge < -0.3 is 14.0 Å². The van der Waals surface area contributed by atoms with Crippen molar-refractivity contribution in [1.29, 1.82) is 0 Å². The van der Waals surface area contributed by atoms with Gasteiger partial charge in [0.25, 0.3) is 0 Å². The standard InChI is InChI=1S/C15H17BClF5O3/c1-12(2)13(3,4)25-16(24-12)9-5-6-11(10(17)7-9)23-8-14(18,19)15(20,21)22/h5-7H,8H2,1-4H3. The van der Waals surface area contributed by atoms with Crippen molar-refractivity contribution in [3.05, 3.63) is 23.2 Å². The quantitative estimate of drug-likeness (QED) is 0.573. The second-order valence-electron chi connectivity index (χ2n) is 6.77. The zero-order valence-corrected chi connectivity index (χ0v) is 14.8. The zero-order chi connectivity index (χ0) is 19.3. The summed E-state index contributed by atoms with van der Waals surface area (Å²) in [5, 5.41) is -0.120. The van der Waals surface area contributed by atoms with Crippen LogP contribution >= 0.6 is 11.6 Å². The average Bonchev–Trinajstić information content (AvgIpc) is 2.65. The molecule has 2 rings (SSSR count). The van der Waals surface area contributed by atoms with Crippen molar-refractivity contribution in [2.24, 2.45) is 0 Å². The zero-order valence-electron chi connectivity index (χ0n) is 14.0. The fourth-order valence-electron chi connectivity index (χ4n) is 2.01. The first-order chi connectivity index (χ1) is 11.2. The molecule has 0 bridgehead atoms. The summed E-state index contributed by atoms with van der Waals surface area (Å²) in [6.07, 6.45) is -5.69. The number of halogens is 6. The third kappa shape index (κ3) is 4.04. The van der Waals surface area contributed by atoms with E-state index in [1.54, 1.807) is 0 Å². The van der Waals surface area contributed by atoms with Crippen LogP contribution in [0.4, 0.5) is 22.0 Å². The van der Waals surface area contributed by atoms with Crippen LogP contribution in [0.15, 0.2) is 18.2 Å². The molecule has 0 spiro atoms. The summed E-state index contributed by atoms with van der Waals surface area (Å²) >= 11 is 5.93. The van der Waals surface area contributed by atoms with Gasteiger partial charge in [0.05, 0.1) is 16.2 Å². The van der Waals surface area contributed by atoms with E-state index in [0.717, 1.165) is 0 Å². The largest absolute Gasteiger partial charge is 0.494 e. The number of hydrogen-bond acceptors (Lipinski definition) is 3. The minimum Gasteiger partial charge on any atom is -0.485 e. The SMILES string of the molecule is CC1(C)OB(c2ccc(OCC(F)(F)C(F)(F)F)c(Cl)c2)OC1(C)C. The van der Waals surface area contributed by atoms with E-state index in [0.29, 0.717) is 5.46 Å². The smallest absolute Gasteiger partial charge is 0.485 e. The van der Waals surface area contributed by atoms with E-state index in [9.17, 15) is 22.0 Å². The van der Waals surface area contributed by atoms with Crippen LogP contribution in [0.5, 0.6) is 5.75 Å². The van der Waals surface area contributed by atoms with Crippen molar-refractivity contribution < 1.29 is 36.0 Å². The van der Waals surface area contributed by atoms with Crippen molar-refractivity contribution >= 4 is 24.2 Å². The summed E-state index contributed by atoms with van der Waals surface area (Å²) < 4.78 is 78.5. The Morgan fingerprint density at radius 3 is 2.00 bits per heavy atom. The summed E-state index contributed by atoms with van der Waals surface area (Å²) in [5.41, 5.74) is -0.680. The highest BCUT2D eigenvalue weighted by Crippen LogP contribution is 2.38. The van der Waals surface area contributed by atoms with Gasteiger partial charge in [-0.05, 0) is 45.3 Å². The number of hydrogen-bond donors (Lipinski definition) is 0. The summed E-state index contributed by atoms with van der Waals surface area (Å²) in [4.78, 5) is 0. The van der Waals surface area contributed by atoms with Gasteiger partial charge in [-0.1, -0.05) is 17.7 Å². The first kappa shape index (κ1) is 20.3. The molecule has 10 heteroatoms. The first-order valence-corrected chi connectivity index (χ1v) is 7.76. The Morgan fingerprint density at radius 1 is 1.04 bits per heavy atom. The second kappa shape index (κ2) is 6.28. The van der Waals surface area contributed by atoms with E-state index in [1.807, 2.05) is 27.7 Å². The van der Waals surface area contributed by atoms with Gasteiger partial charge in [-0.2, -0.15) is 22.0 Å². The molecule has 1 heterocycles. The second-order valence-corrected chi connectivity index (χ2v) is 7.18. The molecule has 25 heavy (non-hydrogen) atoms. The third-order valence-electron chi connectivity index (χ3n) is 4.31. The summed E-state index contributed by atoms with van der Waals surface area (Å²) in [5.74, 6) is -5.26. The number of ether oxygens (including phenoxy) is 1. The Morgan fingerprint density at radius 2 is 1.56 bits per heavy atom. The molecule has 0 saturated carbocycles. The maximum absolute atomic E-state index is 12.9. The van der Waals surface area contributed by atoms with Gasteiger partial charge in [0.1, 0.15) is 5.75 Å². The molecule has 1 aromatic rings. The van der Waals surface area contributed by atoms with Crippen LogP contribution in [0.3, 0.4) is 0 Å². The van der Waals surface area contributed by atoms with Crippen LogP contribution in [0.25, 0.3) is 0 Å². The molecule has 0 aliphatic carbocycles. The predicted octanol–water partition coefficient (Wildman–Crippen LogP) is 4.22. The molecule has 0 aromatic heterocycles. The lowest BCUT2D eigenvalue weighted by molar-refractivity contribution is -0.290. The molecule has 0 amide bonds. The van der Waals surface area contributed by atoms with Crippen molar-refractivity contribution in [2.45, 2.75) is 51.0 Å². The molecule has 140 valence electrons. The van der Waals surface area contributed by atoms with Gasteiger partial charge in [-0.25, -0.2) is 0 Å². The molecule has 1 aliphatic rings. The van der Waals surface area contributed by atoms with E-state index < -0.39 is 37.0 Å². The van der Waals surface area contributed by atoms with Crippen molar-refractivity contribution in [3.8, 4) is 5.75 Å². The fraction of sp³-hybridized carbons (Fsp3) is 0.600. The maximum atomic E-state index is 12.9. The minimum absolute atomic E-state index is 0.120. The highest BCUT2D eigenvalue weighted by atomic mass is 35.5. The topological polar surface area (TPSA) is 27.7 Å². The minimum atomic E-state index is -5.69. The van der Waals surface area contributed by atoms with Gasteiger partial charge >= 0.3 is 19.2 Å². The van der Waals surface area contributed by atoms with Crippen LogP contribution in [-0.4, -0.2) is 37.0 Å². The van der Waals surface area contributed by atoms with Gasteiger partial charge in [-0.3, -0.25) is 0 Å². The van der Waals surface area contributed by atoms with E-state index in [1.165, 1.54) is 18.2 Å². The van der Waals surface area contributed by atoms with Crippen LogP contribution in [0.2, 0.25) is 5.02 Å². The fourth-order valence-corrected chi connectivity index (χ4v) is 2.25. The van der Waals surface area contributed by atoms with Gasteiger partial charge in [0.15, 0.2) is 6.61 Å². The lowest BCUT2D eigenvalue weighted by Gasteiger charge is -2.32. The highest BCUT2D eigenvalue weighted by Gasteiger charge is 2.58. The Labute approximate surface area is 147 Å². The molecule has 1 aromatic carbocycles. The molecular formula is C15H17BClF5O3. The van der Waals surface area contributed by atoms with Gasteiger partial charge in [-0.15, -0.1) is 0 Å². The average molecular weight is 387 g/mol. The molecule has 0 atom stereocenters. The Balaban J connectivity index is 2.12. The molecule has 1 aliphatic heterocycles. The van der Waals surface area contributed by atoms with Crippen LogP contribution in [-0.2, 0) is 9.31 Å². The highest BCUT2D eigenvalue weighted by molar-refractivity contribution is 6.62. The lowest BCUT2D eigenvalue weighted by Crippen LogP contribution is -2.41. The summed E-state index contributed by atoms with van der Waals surface area (Å²) in [6, 6.07) is 4.00. The van der Waals surface area contributed by atoms with Crippen molar-refractivity contribution in [3.63, 3.8) is 0 Å². The predicted molar refractivity (Wildman–Crippen MR) is 83.7 cm³/mol. The lowest BCUT2D eigenvalue weighted by atomic mass is 9.79. The first-order valence-electron chi connectivity index (χ1n) is 7.39. The van der Waals surface area contributed by atoms with Crippen molar-refractivity contribution in [2.75, 3.05) is 6.61 Å². The molecule has 0 N–H and O–H groups in total. The summed E-state index contributed by atoms with van der Waals surface area (Å²) in [6.45, 7) is 5.55. The number of rotatable bonds is 4. The Bertz CT molecular complexity index is 633. The molecule has 1 saturated heterocycles. The number of benzene rings is 1. The van der Waals surface area contributed by atoms with E-state index in [2.05, 4.69) is 4.74 Å². The normalized spacial score (nSPS) is 20.0.